The van der Waals surface area contributed by atoms with Crippen LogP contribution in [0.4, 0.5) is 5.82 Å². The molecule has 2 aromatic rings. The lowest BCUT2D eigenvalue weighted by atomic mass is 10.1. The normalized spacial score (nSPS) is 13.0. The summed E-state index contributed by atoms with van der Waals surface area (Å²) in [5.41, 5.74) is 2.88. The number of aromatic nitrogens is 2. The van der Waals surface area contributed by atoms with Crippen molar-refractivity contribution in [3.05, 3.63) is 46.9 Å². The zero-order valence-electron chi connectivity index (χ0n) is 13.1. The molecular weight excluding hydrogens is 300 g/mol. The fourth-order valence-corrected chi connectivity index (χ4v) is 2.66. The fourth-order valence-electron chi connectivity index (χ4n) is 2.14. The second-order valence-electron chi connectivity index (χ2n) is 5.31. The van der Waals surface area contributed by atoms with Gasteiger partial charge in [-0.05, 0) is 45.4 Å². The van der Waals surface area contributed by atoms with Crippen molar-refractivity contribution in [3.63, 3.8) is 0 Å². The molecule has 6 nitrogen and oxygen atoms in total. The molecular formula is C15H20N4O2S. The number of nitrogens with two attached hydrogens (primary N) is 1. The molecule has 0 spiro atoms. The average Bonchev–Trinajstić information content (AvgIpc) is 2.43. The van der Waals surface area contributed by atoms with E-state index in [2.05, 4.69) is 15.3 Å². The molecule has 22 heavy (non-hydrogen) atoms. The van der Waals surface area contributed by atoms with Crippen LogP contribution in [0.15, 0.2) is 29.2 Å². The van der Waals surface area contributed by atoms with Crippen molar-refractivity contribution < 1.29 is 8.42 Å². The quantitative estimate of drug-likeness (QED) is 0.900. The second kappa shape index (κ2) is 6.02. The third-order valence-electron chi connectivity index (χ3n) is 3.56. The number of rotatable bonds is 4. The molecule has 7 heteroatoms. The van der Waals surface area contributed by atoms with Gasteiger partial charge in [-0.15, -0.1) is 0 Å². The first kappa shape index (κ1) is 16.4. The minimum Gasteiger partial charge on any atom is -0.363 e. The van der Waals surface area contributed by atoms with Crippen molar-refractivity contribution in [1.29, 1.82) is 0 Å². The summed E-state index contributed by atoms with van der Waals surface area (Å²) in [4.78, 5) is 8.84. The van der Waals surface area contributed by atoms with Crippen LogP contribution in [0.25, 0.3) is 0 Å². The molecule has 1 aromatic carbocycles. The molecule has 0 saturated heterocycles. The van der Waals surface area contributed by atoms with E-state index in [1.165, 1.54) is 12.1 Å². The largest absolute Gasteiger partial charge is 0.363 e. The molecule has 0 saturated carbocycles. The molecule has 1 heterocycles. The van der Waals surface area contributed by atoms with Crippen LogP contribution in [0.3, 0.4) is 0 Å². The minimum atomic E-state index is -3.66. The molecule has 0 fully saturated rings. The van der Waals surface area contributed by atoms with Gasteiger partial charge < -0.3 is 5.32 Å². The zero-order valence-corrected chi connectivity index (χ0v) is 13.9. The van der Waals surface area contributed by atoms with Crippen LogP contribution in [0, 0.1) is 20.8 Å². The number of aryl methyl sites for hydroxylation is 2. The van der Waals surface area contributed by atoms with Gasteiger partial charge in [0.25, 0.3) is 0 Å². The number of sulfonamides is 1. The van der Waals surface area contributed by atoms with Gasteiger partial charge in [0.15, 0.2) is 0 Å². The van der Waals surface area contributed by atoms with Gasteiger partial charge in [0.1, 0.15) is 11.6 Å². The highest BCUT2D eigenvalue weighted by Crippen LogP contribution is 2.22. The number of nitrogens with zero attached hydrogens (tertiary/aromatic N) is 2. The Morgan fingerprint density at radius 1 is 1.09 bits per heavy atom. The molecule has 0 amide bonds. The second-order valence-corrected chi connectivity index (χ2v) is 6.87. The summed E-state index contributed by atoms with van der Waals surface area (Å²) in [6.07, 6.45) is 0. The Kier molecular flexibility index (Phi) is 4.48. The van der Waals surface area contributed by atoms with E-state index in [0.717, 1.165) is 22.6 Å². The monoisotopic (exact) mass is 320 g/mol. The van der Waals surface area contributed by atoms with E-state index in [1.54, 1.807) is 12.1 Å². The summed E-state index contributed by atoms with van der Waals surface area (Å²) < 4.78 is 22.5. The van der Waals surface area contributed by atoms with Crippen molar-refractivity contribution in [1.82, 2.24) is 9.97 Å². The lowest BCUT2D eigenvalue weighted by Gasteiger charge is -2.18. The molecule has 0 aliphatic rings. The Balaban J connectivity index is 2.24. The summed E-state index contributed by atoms with van der Waals surface area (Å²) in [5, 5.41) is 8.43. The maximum atomic E-state index is 11.3. The number of hydrogen-bond donors (Lipinski definition) is 2. The van der Waals surface area contributed by atoms with E-state index in [4.69, 9.17) is 5.14 Å². The van der Waals surface area contributed by atoms with Gasteiger partial charge in [0.05, 0.1) is 4.90 Å². The third-order valence-corrected chi connectivity index (χ3v) is 4.49. The van der Waals surface area contributed by atoms with Gasteiger partial charge in [-0.1, -0.05) is 12.1 Å². The van der Waals surface area contributed by atoms with Crippen molar-refractivity contribution in [2.75, 3.05) is 5.32 Å². The van der Waals surface area contributed by atoms with Crippen LogP contribution in [0.5, 0.6) is 0 Å². The topological polar surface area (TPSA) is 98.0 Å². The highest BCUT2D eigenvalue weighted by atomic mass is 32.2. The molecule has 0 aliphatic heterocycles. The van der Waals surface area contributed by atoms with Gasteiger partial charge >= 0.3 is 0 Å². The maximum absolute atomic E-state index is 11.3. The van der Waals surface area contributed by atoms with E-state index in [0.29, 0.717) is 5.82 Å². The molecule has 3 N–H and O–H groups in total. The molecule has 0 bridgehead atoms. The summed E-state index contributed by atoms with van der Waals surface area (Å²) in [5.74, 6) is 1.50. The van der Waals surface area contributed by atoms with Crippen LogP contribution >= 0.6 is 0 Å². The fraction of sp³-hybridized carbons (Fsp3) is 0.333. The Morgan fingerprint density at radius 2 is 1.68 bits per heavy atom. The summed E-state index contributed by atoms with van der Waals surface area (Å²) in [6, 6.07) is 6.47. The minimum absolute atomic E-state index is 0.0260. The summed E-state index contributed by atoms with van der Waals surface area (Å²) in [7, 11) is -3.66. The number of benzene rings is 1. The molecule has 2 rings (SSSR count). The van der Waals surface area contributed by atoms with Crippen molar-refractivity contribution in [3.8, 4) is 0 Å². The Labute approximate surface area is 130 Å². The van der Waals surface area contributed by atoms with Crippen molar-refractivity contribution >= 4 is 15.8 Å². The van der Waals surface area contributed by atoms with Gasteiger partial charge in [0.2, 0.25) is 10.0 Å². The van der Waals surface area contributed by atoms with Gasteiger partial charge in [-0.3, -0.25) is 0 Å². The molecule has 0 aliphatic carbocycles. The Bertz CT molecular complexity index is 786. The smallest absolute Gasteiger partial charge is 0.238 e. The standard InChI is InChI=1S/C15H20N4O2S/c1-9-10(2)17-12(4)19-15(9)18-11(3)13-5-7-14(8-6-13)22(16,20)21/h5-8,11H,1-4H3,(H2,16,20,21)(H,17,18,19)/t11-/m0/s1. The molecule has 0 unspecified atom stereocenters. The lowest BCUT2D eigenvalue weighted by Crippen LogP contribution is -2.13. The van der Waals surface area contributed by atoms with Crippen LogP contribution in [-0.4, -0.2) is 18.4 Å². The summed E-state index contributed by atoms with van der Waals surface area (Å²) in [6.45, 7) is 7.75. The zero-order chi connectivity index (χ0) is 16.5. The van der Waals surface area contributed by atoms with Crippen LogP contribution in [0.2, 0.25) is 0 Å². The number of nitrogens with one attached hydrogen (secondary N) is 1. The van der Waals surface area contributed by atoms with Gasteiger partial charge in [-0.2, -0.15) is 0 Å². The van der Waals surface area contributed by atoms with Gasteiger partial charge in [0, 0.05) is 17.3 Å². The first-order chi connectivity index (χ1) is 10.2. The predicted octanol–water partition coefficient (Wildman–Crippen LogP) is 2.22. The molecule has 1 atom stereocenters. The molecule has 118 valence electrons. The van der Waals surface area contributed by atoms with E-state index in [1.807, 2.05) is 27.7 Å². The van der Waals surface area contributed by atoms with Crippen molar-refractivity contribution in [2.45, 2.75) is 38.6 Å². The SMILES string of the molecule is Cc1nc(C)c(C)c(N[C@@H](C)c2ccc(S(N)(=O)=O)cc2)n1. The summed E-state index contributed by atoms with van der Waals surface area (Å²) >= 11 is 0. The Morgan fingerprint density at radius 3 is 2.23 bits per heavy atom. The van der Waals surface area contributed by atoms with E-state index in [-0.39, 0.29) is 10.9 Å². The molecule has 1 aromatic heterocycles. The van der Waals surface area contributed by atoms with Crippen LogP contribution < -0.4 is 10.5 Å². The highest BCUT2D eigenvalue weighted by molar-refractivity contribution is 7.89. The predicted molar refractivity (Wildman–Crippen MR) is 86.1 cm³/mol. The number of anilines is 1. The third kappa shape index (κ3) is 3.61. The van der Waals surface area contributed by atoms with E-state index >= 15 is 0 Å². The highest BCUT2D eigenvalue weighted by Gasteiger charge is 2.12. The Hall–Kier alpha value is -1.99. The van der Waals surface area contributed by atoms with Crippen LogP contribution in [0.1, 0.15) is 35.6 Å². The van der Waals surface area contributed by atoms with E-state index < -0.39 is 10.0 Å². The molecule has 0 radical (unpaired) electrons. The van der Waals surface area contributed by atoms with Crippen molar-refractivity contribution in [2.24, 2.45) is 5.14 Å². The first-order valence-corrected chi connectivity index (χ1v) is 8.44. The van der Waals surface area contributed by atoms with E-state index in [9.17, 15) is 8.42 Å². The maximum Gasteiger partial charge on any atom is 0.238 e. The number of primary sulfonamides is 1. The van der Waals surface area contributed by atoms with Crippen LogP contribution in [-0.2, 0) is 10.0 Å². The average molecular weight is 320 g/mol. The number of hydrogen-bond acceptors (Lipinski definition) is 5. The first-order valence-electron chi connectivity index (χ1n) is 6.89. The lowest BCUT2D eigenvalue weighted by molar-refractivity contribution is 0.597. The van der Waals surface area contributed by atoms with Gasteiger partial charge in [-0.25, -0.2) is 23.5 Å².